The van der Waals surface area contributed by atoms with Crippen LogP contribution in [0.25, 0.3) is 16.3 Å². The minimum Gasteiger partial charge on any atom is -0.439 e. The molecule has 0 aliphatic carbocycles. The minimum atomic E-state index is 0.484. The summed E-state index contributed by atoms with van der Waals surface area (Å²) >= 11 is 20.2. The molecule has 28 heavy (non-hydrogen) atoms. The first kappa shape index (κ1) is 19.6. The van der Waals surface area contributed by atoms with Crippen molar-refractivity contribution in [2.45, 2.75) is 13.3 Å². The highest BCUT2D eigenvalue weighted by molar-refractivity contribution is 7.18. The van der Waals surface area contributed by atoms with Crippen molar-refractivity contribution in [1.29, 1.82) is 0 Å². The van der Waals surface area contributed by atoms with Gasteiger partial charge in [-0.05, 0) is 30.2 Å². The van der Waals surface area contributed by atoms with E-state index in [1.165, 1.54) is 4.70 Å². The number of hydrogen-bond donors (Lipinski definition) is 0. The van der Waals surface area contributed by atoms with Crippen LogP contribution in [0.15, 0.2) is 47.9 Å². The molecule has 0 bridgehead atoms. The van der Waals surface area contributed by atoms with Crippen molar-refractivity contribution in [2.24, 2.45) is 7.05 Å². The summed E-state index contributed by atoms with van der Waals surface area (Å²) in [6.07, 6.45) is 5.11. The van der Waals surface area contributed by atoms with Crippen molar-refractivity contribution in [3.8, 4) is 5.75 Å². The number of rotatable bonds is 3. The highest BCUT2D eigenvalue weighted by Gasteiger charge is 2.25. The average molecular weight is 453 g/mol. The maximum atomic E-state index is 6.16. The second-order valence-corrected chi connectivity index (χ2v) is 8.87. The smallest absolute Gasteiger partial charge is 0.262 e. The summed E-state index contributed by atoms with van der Waals surface area (Å²) in [5.74, 6) is 1.45. The van der Waals surface area contributed by atoms with Gasteiger partial charge in [0.15, 0.2) is 5.75 Å². The predicted octanol–water partition coefficient (Wildman–Crippen LogP) is 6.85. The van der Waals surface area contributed by atoms with Crippen LogP contribution in [-0.4, -0.2) is 7.05 Å². The van der Waals surface area contributed by atoms with Gasteiger partial charge in [-0.25, -0.2) is 0 Å². The van der Waals surface area contributed by atoms with Crippen LogP contribution in [0, 0.1) is 0 Å². The van der Waals surface area contributed by atoms with Crippen molar-refractivity contribution in [2.75, 3.05) is 11.9 Å². The molecule has 0 N–H and O–H groups in total. The van der Waals surface area contributed by atoms with Crippen LogP contribution in [0.5, 0.6) is 5.75 Å². The van der Waals surface area contributed by atoms with Crippen molar-refractivity contribution in [1.82, 2.24) is 0 Å². The molecule has 0 fully saturated rings. The van der Waals surface area contributed by atoms with E-state index in [-0.39, 0.29) is 0 Å². The summed E-state index contributed by atoms with van der Waals surface area (Å²) in [5, 5.41) is 2.89. The fraction of sp³-hybridized carbons (Fsp3) is 0.190. The molecule has 0 unspecified atom stereocenters. The molecule has 2 heterocycles. The van der Waals surface area contributed by atoms with E-state index < -0.39 is 0 Å². The summed E-state index contributed by atoms with van der Waals surface area (Å²) in [6, 6.07) is 9.55. The zero-order chi connectivity index (χ0) is 20.0. The third-order valence-corrected chi connectivity index (χ3v) is 6.88. The number of nitrogens with zero attached hydrogens (tertiary/aromatic N) is 2. The lowest BCUT2D eigenvalue weighted by atomic mass is 10.2. The van der Waals surface area contributed by atoms with E-state index in [1.807, 2.05) is 30.1 Å². The molecule has 0 atom stereocenters. The molecule has 3 aromatic rings. The summed E-state index contributed by atoms with van der Waals surface area (Å²) in [7, 11) is 4.01. The largest absolute Gasteiger partial charge is 0.439 e. The summed E-state index contributed by atoms with van der Waals surface area (Å²) in [4.78, 5) is 1.98. The van der Waals surface area contributed by atoms with Gasteiger partial charge in [0.05, 0.1) is 15.7 Å². The molecule has 7 heteroatoms. The Bertz CT molecular complexity index is 1150. The quantitative estimate of drug-likeness (QED) is 0.404. The van der Waals surface area contributed by atoms with E-state index in [4.69, 9.17) is 39.5 Å². The van der Waals surface area contributed by atoms with Crippen LogP contribution in [0.4, 0.5) is 5.69 Å². The van der Waals surface area contributed by atoms with Crippen molar-refractivity contribution in [3.05, 3.63) is 67.9 Å². The van der Waals surface area contributed by atoms with Gasteiger partial charge < -0.3 is 9.64 Å². The van der Waals surface area contributed by atoms with Gasteiger partial charge in [0.2, 0.25) is 11.4 Å². The van der Waals surface area contributed by atoms with Crippen LogP contribution >= 0.6 is 46.1 Å². The third-order valence-electron chi connectivity index (χ3n) is 4.76. The molecule has 0 radical (unpaired) electrons. The molecule has 1 aliphatic heterocycles. The van der Waals surface area contributed by atoms with E-state index in [1.54, 1.807) is 17.4 Å². The van der Waals surface area contributed by atoms with E-state index in [0.717, 1.165) is 39.1 Å². The van der Waals surface area contributed by atoms with Gasteiger partial charge in [0.25, 0.3) is 5.01 Å². The van der Waals surface area contributed by atoms with Crippen LogP contribution < -0.4 is 14.2 Å². The fourth-order valence-corrected chi connectivity index (χ4v) is 4.70. The Morgan fingerprint density at radius 2 is 1.93 bits per heavy atom. The van der Waals surface area contributed by atoms with Crippen molar-refractivity contribution >= 4 is 68.1 Å². The number of aryl methyl sites for hydroxylation is 1. The number of allylic oxidation sites excluding steroid dienone is 2. The first-order chi connectivity index (χ1) is 13.4. The molecule has 3 nitrogen and oxygen atoms in total. The lowest BCUT2D eigenvalue weighted by molar-refractivity contribution is -0.642. The van der Waals surface area contributed by atoms with Gasteiger partial charge >= 0.3 is 0 Å². The molecule has 4 rings (SSSR count). The number of hydrogen-bond acceptors (Lipinski definition) is 3. The van der Waals surface area contributed by atoms with E-state index >= 15 is 0 Å². The zero-order valence-corrected chi connectivity index (χ0v) is 18.7. The van der Waals surface area contributed by atoms with Crippen LogP contribution in [0.1, 0.15) is 18.4 Å². The van der Waals surface area contributed by atoms with E-state index in [9.17, 15) is 0 Å². The number of thiazole rings is 1. The standard InChI is InChI=1S/C21H18Cl3N2OS/c1-4-12(8-21-26(3)17-9-13(22)5-6-19(17)28-21)7-20-25(2)16-10-14(23)15(24)11-18(16)27-20/h5-11H,4H2,1-3H3/q+1. The second kappa shape index (κ2) is 7.60. The molecular formula is C21H18Cl3N2OS+. The van der Waals surface area contributed by atoms with E-state index in [2.05, 4.69) is 36.8 Å². The summed E-state index contributed by atoms with van der Waals surface area (Å²) in [5.41, 5.74) is 3.18. The lowest BCUT2D eigenvalue weighted by Gasteiger charge is -2.11. The Balaban J connectivity index is 1.71. The highest BCUT2D eigenvalue weighted by atomic mass is 35.5. The molecule has 144 valence electrons. The summed E-state index contributed by atoms with van der Waals surface area (Å²) in [6.45, 7) is 2.13. The molecule has 0 saturated heterocycles. The van der Waals surface area contributed by atoms with Crippen molar-refractivity contribution < 1.29 is 9.30 Å². The van der Waals surface area contributed by atoms with Crippen LogP contribution in [-0.2, 0) is 7.05 Å². The van der Waals surface area contributed by atoms with Gasteiger partial charge in [-0.3, -0.25) is 0 Å². The number of halogens is 3. The summed E-state index contributed by atoms with van der Waals surface area (Å²) < 4.78 is 9.37. The molecule has 0 amide bonds. The lowest BCUT2D eigenvalue weighted by Crippen LogP contribution is -2.29. The first-order valence-corrected chi connectivity index (χ1v) is 10.7. The SMILES string of the molecule is CCC(=Cc1sc2ccc(Cl)cc2[n+]1C)C=C1Oc2cc(Cl)c(Cl)cc2N1C. The monoisotopic (exact) mass is 451 g/mol. The predicted molar refractivity (Wildman–Crippen MR) is 120 cm³/mol. The molecular weight excluding hydrogens is 435 g/mol. The topological polar surface area (TPSA) is 16.4 Å². The normalized spacial score (nSPS) is 15.4. The maximum Gasteiger partial charge on any atom is 0.262 e. The highest BCUT2D eigenvalue weighted by Crippen LogP contribution is 2.43. The first-order valence-electron chi connectivity index (χ1n) is 8.78. The van der Waals surface area contributed by atoms with Gasteiger partial charge in [0.1, 0.15) is 11.7 Å². The van der Waals surface area contributed by atoms with Gasteiger partial charge in [0, 0.05) is 36.4 Å². The molecule has 0 saturated carbocycles. The average Bonchev–Trinajstić information content (AvgIpc) is 3.13. The number of ether oxygens (including phenoxy) is 1. The Morgan fingerprint density at radius 1 is 1.18 bits per heavy atom. The van der Waals surface area contributed by atoms with Gasteiger partial charge in [-0.2, -0.15) is 4.57 Å². The Morgan fingerprint density at radius 3 is 2.68 bits per heavy atom. The minimum absolute atomic E-state index is 0.484. The number of fused-ring (bicyclic) bond motifs is 2. The van der Waals surface area contributed by atoms with Crippen molar-refractivity contribution in [3.63, 3.8) is 0 Å². The Kier molecular flexibility index (Phi) is 5.32. The van der Waals surface area contributed by atoms with Gasteiger partial charge in [-0.1, -0.05) is 53.1 Å². The number of benzene rings is 2. The number of aromatic nitrogens is 1. The molecule has 0 spiro atoms. The third kappa shape index (κ3) is 3.50. The molecule has 1 aromatic heterocycles. The van der Waals surface area contributed by atoms with Crippen LogP contribution in [0.2, 0.25) is 15.1 Å². The Labute approximate surface area is 183 Å². The zero-order valence-electron chi connectivity index (χ0n) is 15.6. The van der Waals surface area contributed by atoms with Gasteiger partial charge in [-0.15, -0.1) is 0 Å². The second-order valence-electron chi connectivity index (χ2n) is 6.56. The van der Waals surface area contributed by atoms with E-state index in [0.29, 0.717) is 15.8 Å². The van der Waals surface area contributed by atoms with Crippen LogP contribution in [0.3, 0.4) is 0 Å². The maximum absolute atomic E-state index is 6.16. The molecule has 2 aromatic carbocycles. The molecule has 1 aliphatic rings. The number of anilines is 1. The Hall–Kier alpha value is -1.72. The fourth-order valence-electron chi connectivity index (χ4n) is 3.12.